The van der Waals surface area contributed by atoms with Crippen molar-refractivity contribution in [2.24, 2.45) is 40.9 Å². The average Bonchev–Trinajstić information content (AvgIpc) is 3.26. The van der Waals surface area contributed by atoms with Crippen molar-refractivity contribution in [3.63, 3.8) is 0 Å². The van der Waals surface area contributed by atoms with E-state index in [1.807, 2.05) is 0 Å². The monoisotopic (exact) mass is 366 g/mol. The molecule has 4 unspecified atom stereocenters. The molecule has 1 spiro atoms. The van der Waals surface area contributed by atoms with Crippen molar-refractivity contribution in [3.8, 4) is 0 Å². The number of ketones is 1. The van der Waals surface area contributed by atoms with E-state index < -0.39 is 0 Å². The summed E-state index contributed by atoms with van der Waals surface area (Å²) in [5.41, 5.74) is 3.76. The Morgan fingerprint density at radius 2 is 2.15 bits per heavy atom. The number of hydrogen-bond donors (Lipinski definition) is 0. The second kappa shape index (κ2) is 5.59. The molecule has 3 saturated carbocycles. The SMILES string of the molecule is CCC1CC2=C(CCC(=O)C2)C2CC[C@@]3(CC)C(C12)[C@@H]1C[C@@H]1[C@@]31C=CCO1. The molecule has 146 valence electrons. The van der Waals surface area contributed by atoms with E-state index in [1.165, 1.54) is 38.5 Å². The van der Waals surface area contributed by atoms with Gasteiger partial charge in [-0.1, -0.05) is 43.6 Å². The average molecular weight is 367 g/mol. The summed E-state index contributed by atoms with van der Waals surface area (Å²) in [6, 6.07) is 0. The van der Waals surface area contributed by atoms with Gasteiger partial charge in [-0.15, -0.1) is 0 Å². The van der Waals surface area contributed by atoms with E-state index >= 15 is 0 Å². The summed E-state index contributed by atoms with van der Waals surface area (Å²) < 4.78 is 6.62. The summed E-state index contributed by atoms with van der Waals surface area (Å²) in [5.74, 6) is 5.46. The third-order valence-electron chi connectivity index (χ3n) is 10.0. The Bertz CT molecular complexity index is 747. The Balaban J connectivity index is 1.45. The first-order valence-corrected chi connectivity index (χ1v) is 11.7. The fourth-order valence-electron chi connectivity index (χ4n) is 9.14. The van der Waals surface area contributed by atoms with Crippen LogP contribution in [0.1, 0.15) is 71.6 Å². The zero-order valence-corrected chi connectivity index (χ0v) is 17.0. The maximum atomic E-state index is 12.1. The molecule has 2 heteroatoms. The highest BCUT2D eigenvalue weighted by Crippen LogP contribution is 2.78. The van der Waals surface area contributed by atoms with Gasteiger partial charge in [0.15, 0.2) is 0 Å². The lowest BCUT2D eigenvalue weighted by Gasteiger charge is -2.59. The first-order chi connectivity index (χ1) is 13.1. The Kier molecular flexibility index (Phi) is 3.52. The Hall–Kier alpha value is -0.890. The van der Waals surface area contributed by atoms with Crippen LogP contribution in [-0.2, 0) is 9.53 Å². The molecule has 0 amide bonds. The first kappa shape index (κ1) is 17.0. The van der Waals surface area contributed by atoms with E-state index in [0.29, 0.717) is 11.2 Å². The van der Waals surface area contributed by atoms with Gasteiger partial charge in [-0.3, -0.25) is 4.79 Å². The number of carbonyl (C=O) groups is 1. The predicted molar refractivity (Wildman–Crippen MR) is 106 cm³/mol. The van der Waals surface area contributed by atoms with Crippen LogP contribution in [0.5, 0.6) is 0 Å². The molecule has 0 bridgehead atoms. The van der Waals surface area contributed by atoms with E-state index in [4.69, 9.17) is 4.74 Å². The summed E-state index contributed by atoms with van der Waals surface area (Å²) >= 11 is 0. The quantitative estimate of drug-likeness (QED) is 0.605. The topological polar surface area (TPSA) is 26.3 Å². The van der Waals surface area contributed by atoms with Crippen molar-refractivity contribution in [3.05, 3.63) is 23.3 Å². The molecule has 6 aliphatic rings. The largest absolute Gasteiger partial charge is 0.366 e. The fraction of sp³-hybridized carbons (Fsp3) is 0.800. The van der Waals surface area contributed by atoms with Crippen LogP contribution in [0.15, 0.2) is 23.3 Å². The van der Waals surface area contributed by atoms with E-state index in [-0.39, 0.29) is 5.60 Å². The van der Waals surface area contributed by atoms with Gasteiger partial charge in [-0.05, 0) is 74.0 Å². The predicted octanol–water partition coefficient (Wildman–Crippen LogP) is 5.48. The van der Waals surface area contributed by atoms with E-state index in [0.717, 1.165) is 61.4 Å². The van der Waals surface area contributed by atoms with Gasteiger partial charge in [0.25, 0.3) is 0 Å². The molecule has 1 heterocycles. The van der Waals surface area contributed by atoms with Gasteiger partial charge in [-0.2, -0.15) is 0 Å². The molecule has 27 heavy (non-hydrogen) atoms. The molecule has 0 aromatic carbocycles. The number of Topliss-reactive ketones (excluding diaryl/α,β-unsaturated/α-hetero) is 1. The highest BCUT2D eigenvalue weighted by molar-refractivity contribution is 5.82. The van der Waals surface area contributed by atoms with Gasteiger partial charge in [0.2, 0.25) is 0 Å². The van der Waals surface area contributed by atoms with Crippen LogP contribution in [0.25, 0.3) is 0 Å². The second-order valence-corrected chi connectivity index (χ2v) is 10.5. The molecule has 2 nitrogen and oxygen atoms in total. The molecule has 5 aliphatic carbocycles. The van der Waals surface area contributed by atoms with Crippen LogP contribution < -0.4 is 0 Å². The van der Waals surface area contributed by atoms with Crippen molar-refractivity contribution < 1.29 is 9.53 Å². The molecule has 0 saturated heterocycles. The van der Waals surface area contributed by atoms with Crippen molar-refractivity contribution in [1.29, 1.82) is 0 Å². The number of ether oxygens (including phenoxy) is 1. The van der Waals surface area contributed by atoms with Gasteiger partial charge < -0.3 is 4.74 Å². The van der Waals surface area contributed by atoms with Crippen molar-refractivity contribution in [2.45, 2.75) is 77.2 Å². The van der Waals surface area contributed by atoms with Crippen molar-refractivity contribution in [1.82, 2.24) is 0 Å². The summed E-state index contributed by atoms with van der Waals surface area (Å²) in [6.07, 6.45) is 15.4. The van der Waals surface area contributed by atoms with Gasteiger partial charge in [0.1, 0.15) is 5.78 Å². The molecule has 6 rings (SSSR count). The second-order valence-electron chi connectivity index (χ2n) is 10.5. The smallest absolute Gasteiger partial charge is 0.137 e. The molecule has 0 aromatic heterocycles. The molecule has 8 atom stereocenters. The summed E-state index contributed by atoms with van der Waals surface area (Å²) in [5, 5.41) is 0. The third-order valence-corrected chi connectivity index (χ3v) is 10.0. The molecule has 0 aromatic rings. The van der Waals surface area contributed by atoms with Crippen LogP contribution in [0.3, 0.4) is 0 Å². The molecular formula is C25H34O2. The zero-order valence-electron chi connectivity index (χ0n) is 17.0. The van der Waals surface area contributed by atoms with Crippen LogP contribution in [-0.4, -0.2) is 18.0 Å². The minimum Gasteiger partial charge on any atom is -0.366 e. The first-order valence-electron chi connectivity index (χ1n) is 11.7. The summed E-state index contributed by atoms with van der Waals surface area (Å²) in [4.78, 5) is 12.1. The van der Waals surface area contributed by atoms with Gasteiger partial charge in [-0.25, -0.2) is 0 Å². The number of allylic oxidation sites excluding steroid dienone is 2. The molecule has 1 aliphatic heterocycles. The van der Waals surface area contributed by atoms with Crippen LogP contribution >= 0.6 is 0 Å². The molecule has 0 radical (unpaired) electrons. The van der Waals surface area contributed by atoms with Crippen LogP contribution in [0.2, 0.25) is 0 Å². The lowest BCUT2D eigenvalue weighted by molar-refractivity contribution is -0.141. The fourth-order valence-corrected chi connectivity index (χ4v) is 9.14. The van der Waals surface area contributed by atoms with E-state index in [1.54, 1.807) is 11.1 Å². The summed E-state index contributed by atoms with van der Waals surface area (Å²) in [6.45, 7) is 5.69. The summed E-state index contributed by atoms with van der Waals surface area (Å²) in [7, 11) is 0. The Labute approximate surface area is 163 Å². The Morgan fingerprint density at radius 3 is 2.89 bits per heavy atom. The minimum absolute atomic E-state index is 0.0670. The number of fused-ring (bicyclic) bond motifs is 8. The molecule has 3 fully saturated rings. The zero-order chi connectivity index (χ0) is 18.4. The third kappa shape index (κ3) is 1.94. The maximum absolute atomic E-state index is 12.1. The van der Waals surface area contributed by atoms with Crippen LogP contribution in [0.4, 0.5) is 0 Å². The molecular weight excluding hydrogens is 332 g/mol. The number of rotatable bonds is 2. The van der Waals surface area contributed by atoms with E-state index in [9.17, 15) is 4.79 Å². The number of carbonyl (C=O) groups excluding carboxylic acids is 1. The lowest BCUT2D eigenvalue weighted by Crippen LogP contribution is -2.56. The molecule has 0 N–H and O–H groups in total. The number of hydrogen-bond acceptors (Lipinski definition) is 2. The highest BCUT2D eigenvalue weighted by atomic mass is 16.5. The maximum Gasteiger partial charge on any atom is 0.137 e. The van der Waals surface area contributed by atoms with Gasteiger partial charge in [0, 0.05) is 18.3 Å². The van der Waals surface area contributed by atoms with Crippen molar-refractivity contribution >= 4 is 5.78 Å². The van der Waals surface area contributed by atoms with Crippen molar-refractivity contribution in [2.75, 3.05) is 6.61 Å². The van der Waals surface area contributed by atoms with Gasteiger partial charge >= 0.3 is 0 Å². The van der Waals surface area contributed by atoms with E-state index in [2.05, 4.69) is 26.0 Å². The lowest BCUT2D eigenvalue weighted by atomic mass is 9.47. The Morgan fingerprint density at radius 1 is 1.26 bits per heavy atom. The highest BCUT2D eigenvalue weighted by Gasteiger charge is 2.77. The normalized spacial score (nSPS) is 52.6. The van der Waals surface area contributed by atoms with Gasteiger partial charge in [0.05, 0.1) is 12.2 Å². The van der Waals surface area contributed by atoms with Crippen LogP contribution in [0, 0.1) is 40.9 Å². The standard InChI is InChI=1S/C25H34O2/c1-3-15-12-16-13-17(26)6-7-18(16)19-8-10-24(4-2)23(22(15)19)20-14-21(20)25(24)9-5-11-27-25/h5,9,15,19-23H,3-4,6-8,10-14H2,1-2H3/t15?,19?,20-,21+,22?,23?,24+,25+/m1/s1. The minimum atomic E-state index is 0.0670.